The first-order valence-corrected chi connectivity index (χ1v) is 7.21. The lowest BCUT2D eigenvalue weighted by Crippen LogP contribution is -2.39. The van der Waals surface area contributed by atoms with E-state index in [4.69, 9.17) is 0 Å². The lowest BCUT2D eigenvalue weighted by atomic mass is 10.3. The van der Waals surface area contributed by atoms with E-state index < -0.39 is 0 Å². The summed E-state index contributed by atoms with van der Waals surface area (Å²) >= 11 is 8.17. The topological polar surface area (TPSA) is 32.3 Å². The Morgan fingerprint density at radius 3 is 2.62 bits per heavy atom. The Morgan fingerprint density at radius 2 is 2.19 bits per heavy atom. The van der Waals surface area contributed by atoms with E-state index in [0.29, 0.717) is 4.88 Å². The molecule has 1 amide bonds. The molecule has 0 aliphatic heterocycles. The van der Waals surface area contributed by atoms with Crippen molar-refractivity contribution < 1.29 is 4.79 Å². The molecule has 0 radical (unpaired) electrons. The molecule has 0 spiro atoms. The minimum Gasteiger partial charge on any atom is -0.348 e. The van der Waals surface area contributed by atoms with Gasteiger partial charge in [-0.1, -0.05) is 0 Å². The van der Waals surface area contributed by atoms with E-state index in [1.54, 1.807) is 0 Å². The van der Waals surface area contributed by atoms with Crippen LogP contribution in [0.5, 0.6) is 0 Å². The van der Waals surface area contributed by atoms with Crippen LogP contribution in [0, 0.1) is 0 Å². The van der Waals surface area contributed by atoms with E-state index in [0.717, 1.165) is 14.8 Å². The van der Waals surface area contributed by atoms with Crippen molar-refractivity contribution in [3.63, 3.8) is 0 Å². The number of halogens is 2. The van der Waals surface area contributed by atoms with Gasteiger partial charge in [0.2, 0.25) is 0 Å². The van der Waals surface area contributed by atoms with Crippen molar-refractivity contribution in [3.05, 3.63) is 19.2 Å². The van der Waals surface area contributed by atoms with Crippen LogP contribution in [0.4, 0.5) is 0 Å². The van der Waals surface area contributed by atoms with Gasteiger partial charge in [0.15, 0.2) is 0 Å². The molecule has 0 saturated carbocycles. The van der Waals surface area contributed by atoms with E-state index in [1.165, 1.54) is 11.3 Å². The molecule has 1 unspecified atom stereocenters. The Labute approximate surface area is 116 Å². The maximum atomic E-state index is 11.8. The quantitative estimate of drug-likeness (QED) is 0.884. The third kappa shape index (κ3) is 4.16. The van der Waals surface area contributed by atoms with Crippen molar-refractivity contribution in [2.75, 3.05) is 20.6 Å². The predicted molar refractivity (Wildman–Crippen MR) is 75.2 cm³/mol. The molecule has 90 valence electrons. The Balaban J connectivity index is 2.58. The molecule has 0 aliphatic rings. The molecule has 1 N–H and O–H groups in total. The monoisotopic (exact) mass is 368 g/mol. The molecule has 0 bridgehead atoms. The Kier molecular flexibility index (Phi) is 5.43. The van der Waals surface area contributed by atoms with Gasteiger partial charge in [0.25, 0.3) is 5.91 Å². The van der Waals surface area contributed by atoms with Gasteiger partial charge >= 0.3 is 0 Å². The lowest BCUT2D eigenvalue weighted by Gasteiger charge is -2.17. The molecule has 0 saturated heterocycles. The number of likely N-dealkylation sites (N-methyl/N-ethyl adjacent to an activating group) is 1. The fourth-order valence-corrected chi connectivity index (χ4v) is 3.29. The van der Waals surface area contributed by atoms with Crippen LogP contribution in [0.1, 0.15) is 16.6 Å². The van der Waals surface area contributed by atoms with Crippen molar-refractivity contribution in [2.24, 2.45) is 0 Å². The zero-order valence-electron chi connectivity index (χ0n) is 9.38. The number of hydrogen-bond donors (Lipinski definition) is 1. The van der Waals surface area contributed by atoms with E-state index in [-0.39, 0.29) is 11.9 Å². The SMILES string of the molecule is CC(CN(C)C)NC(=O)c1cc(Br)c(Br)s1. The zero-order valence-corrected chi connectivity index (χ0v) is 13.4. The second-order valence-corrected chi connectivity index (χ2v) is 7.09. The summed E-state index contributed by atoms with van der Waals surface area (Å²) in [5.74, 6) is -0.0225. The van der Waals surface area contributed by atoms with E-state index in [9.17, 15) is 4.79 Å². The number of nitrogens with one attached hydrogen (secondary N) is 1. The summed E-state index contributed by atoms with van der Waals surface area (Å²) in [6.45, 7) is 2.83. The average Bonchev–Trinajstić information content (AvgIpc) is 2.45. The zero-order chi connectivity index (χ0) is 12.3. The molecular formula is C10H14Br2N2OS. The molecule has 0 aliphatic carbocycles. The molecule has 16 heavy (non-hydrogen) atoms. The fourth-order valence-electron chi connectivity index (χ4n) is 1.35. The van der Waals surface area contributed by atoms with Crippen LogP contribution in [-0.4, -0.2) is 37.5 Å². The number of thiophene rings is 1. The van der Waals surface area contributed by atoms with Gasteiger partial charge < -0.3 is 10.2 Å². The highest BCUT2D eigenvalue weighted by molar-refractivity contribution is 9.13. The molecule has 1 aromatic rings. The van der Waals surface area contributed by atoms with Gasteiger partial charge in [0, 0.05) is 17.1 Å². The van der Waals surface area contributed by atoms with Gasteiger partial charge in [-0.3, -0.25) is 4.79 Å². The highest BCUT2D eigenvalue weighted by atomic mass is 79.9. The van der Waals surface area contributed by atoms with Crippen molar-refractivity contribution in [1.82, 2.24) is 10.2 Å². The fraction of sp³-hybridized carbons (Fsp3) is 0.500. The summed E-state index contributed by atoms with van der Waals surface area (Å²) in [6.07, 6.45) is 0. The molecule has 0 fully saturated rings. The Hall–Kier alpha value is 0.0900. The molecule has 6 heteroatoms. The number of carbonyl (C=O) groups excluding carboxylic acids is 1. The second-order valence-electron chi connectivity index (χ2n) is 3.87. The lowest BCUT2D eigenvalue weighted by molar-refractivity contribution is 0.0938. The van der Waals surface area contributed by atoms with Crippen LogP contribution in [0.25, 0.3) is 0 Å². The Morgan fingerprint density at radius 1 is 1.56 bits per heavy atom. The largest absolute Gasteiger partial charge is 0.348 e. The highest BCUT2D eigenvalue weighted by Crippen LogP contribution is 2.32. The minimum atomic E-state index is -0.0225. The minimum absolute atomic E-state index is 0.0225. The highest BCUT2D eigenvalue weighted by Gasteiger charge is 2.14. The number of amides is 1. The number of nitrogens with zero attached hydrogens (tertiary/aromatic N) is 1. The maximum absolute atomic E-state index is 11.8. The van der Waals surface area contributed by atoms with Crippen molar-refractivity contribution in [3.8, 4) is 0 Å². The molecule has 1 heterocycles. The van der Waals surface area contributed by atoms with Crippen LogP contribution in [0.15, 0.2) is 14.3 Å². The Bertz CT molecular complexity index is 359. The van der Waals surface area contributed by atoms with Gasteiger partial charge in [0.05, 0.1) is 8.66 Å². The smallest absolute Gasteiger partial charge is 0.261 e. The summed E-state index contributed by atoms with van der Waals surface area (Å²) in [5.41, 5.74) is 0. The van der Waals surface area contributed by atoms with Crippen molar-refractivity contribution in [1.29, 1.82) is 0 Å². The standard InChI is InChI=1S/C10H14Br2N2OS/c1-6(5-14(2)3)13-10(15)8-4-7(11)9(12)16-8/h4,6H,5H2,1-3H3,(H,13,15). The van der Waals surface area contributed by atoms with E-state index in [2.05, 4.69) is 37.2 Å². The van der Waals surface area contributed by atoms with Gasteiger partial charge in [-0.15, -0.1) is 11.3 Å². The molecular weight excluding hydrogens is 356 g/mol. The molecule has 1 atom stereocenters. The second kappa shape index (κ2) is 6.14. The summed E-state index contributed by atoms with van der Waals surface area (Å²) in [5, 5.41) is 2.96. The summed E-state index contributed by atoms with van der Waals surface area (Å²) < 4.78 is 1.86. The van der Waals surface area contributed by atoms with Crippen molar-refractivity contribution >= 4 is 49.1 Å². The van der Waals surface area contributed by atoms with Crippen LogP contribution in [-0.2, 0) is 0 Å². The van der Waals surface area contributed by atoms with E-state index in [1.807, 2.05) is 32.0 Å². The normalized spacial score (nSPS) is 12.9. The third-order valence-corrected chi connectivity index (χ3v) is 5.14. The molecule has 1 rings (SSSR count). The first-order chi connectivity index (χ1) is 7.40. The number of hydrogen-bond acceptors (Lipinski definition) is 3. The van der Waals surface area contributed by atoms with Gasteiger partial charge in [0.1, 0.15) is 0 Å². The number of carbonyl (C=O) groups is 1. The molecule has 0 aromatic carbocycles. The average molecular weight is 370 g/mol. The first kappa shape index (κ1) is 14.2. The van der Waals surface area contributed by atoms with Crippen LogP contribution in [0.3, 0.4) is 0 Å². The molecule has 1 aromatic heterocycles. The van der Waals surface area contributed by atoms with Crippen LogP contribution in [0.2, 0.25) is 0 Å². The van der Waals surface area contributed by atoms with Gasteiger partial charge in [-0.25, -0.2) is 0 Å². The van der Waals surface area contributed by atoms with Gasteiger partial charge in [-0.2, -0.15) is 0 Å². The number of rotatable bonds is 4. The molecule has 3 nitrogen and oxygen atoms in total. The third-order valence-electron chi connectivity index (χ3n) is 1.89. The maximum Gasteiger partial charge on any atom is 0.261 e. The van der Waals surface area contributed by atoms with Crippen LogP contribution >= 0.6 is 43.2 Å². The summed E-state index contributed by atoms with van der Waals surface area (Å²) in [4.78, 5) is 14.6. The van der Waals surface area contributed by atoms with Crippen molar-refractivity contribution in [2.45, 2.75) is 13.0 Å². The first-order valence-electron chi connectivity index (χ1n) is 4.80. The van der Waals surface area contributed by atoms with Crippen LogP contribution < -0.4 is 5.32 Å². The summed E-state index contributed by atoms with van der Waals surface area (Å²) in [6, 6.07) is 1.97. The summed E-state index contributed by atoms with van der Waals surface area (Å²) in [7, 11) is 3.97. The van der Waals surface area contributed by atoms with Gasteiger partial charge in [-0.05, 0) is 58.9 Å². The van der Waals surface area contributed by atoms with E-state index >= 15 is 0 Å². The predicted octanol–water partition coefficient (Wildman–Crippen LogP) is 2.95.